The summed E-state index contributed by atoms with van der Waals surface area (Å²) < 4.78 is 13.1. The standard InChI is InChI=1S/C24H20N2O8/c1-10(2)26-13(5-6-25-26)12-8-18(30)33-17-9-16(29)20-21(31)22(32)23(34-24(20)19(12)17)11-3-4-14(27)15(28)7-11/h3-7,9-10,12,27-29,32H,8H2,1-2H3. The third-order valence-corrected chi connectivity index (χ3v) is 5.85. The van der Waals surface area contributed by atoms with Crippen LogP contribution < -0.4 is 10.2 Å². The summed E-state index contributed by atoms with van der Waals surface area (Å²) in [7, 11) is 0. The van der Waals surface area contributed by atoms with Crippen molar-refractivity contribution in [2.75, 3.05) is 0 Å². The van der Waals surface area contributed by atoms with Gasteiger partial charge in [0.15, 0.2) is 17.3 Å². The Balaban J connectivity index is 1.86. The molecule has 10 heteroatoms. The molecule has 1 unspecified atom stereocenters. The summed E-state index contributed by atoms with van der Waals surface area (Å²) in [4.78, 5) is 25.5. The highest BCUT2D eigenvalue weighted by molar-refractivity contribution is 5.94. The normalized spacial score (nSPS) is 15.5. The highest BCUT2D eigenvalue weighted by Crippen LogP contribution is 2.47. The Bertz CT molecular complexity index is 1530. The van der Waals surface area contributed by atoms with Gasteiger partial charge in [-0.1, -0.05) is 0 Å². The van der Waals surface area contributed by atoms with Crippen molar-refractivity contribution in [2.24, 2.45) is 0 Å². The molecule has 34 heavy (non-hydrogen) atoms. The maximum Gasteiger partial charge on any atom is 0.312 e. The first-order valence-electron chi connectivity index (χ1n) is 10.5. The minimum Gasteiger partial charge on any atom is -0.507 e. The Morgan fingerprint density at radius 1 is 1.03 bits per heavy atom. The Kier molecular flexibility index (Phi) is 4.75. The molecule has 0 radical (unpaired) electrons. The predicted molar refractivity (Wildman–Crippen MR) is 119 cm³/mol. The lowest BCUT2D eigenvalue weighted by atomic mass is 9.87. The van der Waals surface area contributed by atoms with Gasteiger partial charge < -0.3 is 29.6 Å². The molecule has 2 aromatic carbocycles. The Hall–Kier alpha value is -4.47. The highest BCUT2D eigenvalue weighted by Gasteiger charge is 2.36. The van der Waals surface area contributed by atoms with Crippen LogP contribution in [0.15, 0.2) is 45.7 Å². The minimum atomic E-state index is -0.905. The van der Waals surface area contributed by atoms with Crippen molar-refractivity contribution in [3.8, 4) is 40.1 Å². The van der Waals surface area contributed by atoms with Crippen LogP contribution in [-0.2, 0) is 4.79 Å². The fourth-order valence-electron chi connectivity index (χ4n) is 4.33. The number of fused-ring (bicyclic) bond motifs is 3. The Morgan fingerprint density at radius 2 is 1.79 bits per heavy atom. The molecule has 0 spiro atoms. The third-order valence-electron chi connectivity index (χ3n) is 5.85. The van der Waals surface area contributed by atoms with E-state index in [0.717, 1.165) is 12.1 Å². The molecule has 1 aliphatic rings. The summed E-state index contributed by atoms with van der Waals surface area (Å²) >= 11 is 0. The number of carbonyl (C=O) groups excluding carboxylic acids is 1. The molecule has 10 nitrogen and oxygen atoms in total. The molecular formula is C24H20N2O8. The van der Waals surface area contributed by atoms with Crippen LogP contribution in [-0.4, -0.2) is 36.2 Å². The molecule has 4 N–H and O–H groups in total. The molecule has 0 saturated carbocycles. The highest BCUT2D eigenvalue weighted by atomic mass is 16.5. The molecule has 174 valence electrons. The van der Waals surface area contributed by atoms with E-state index in [4.69, 9.17) is 9.15 Å². The van der Waals surface area contributed by atoms with E-state index in [0.29, 0.717) is 11.3 Å². The molecule has 3 heterocycles. The number of ether oxygens (including phenoxy) is 1. The lowest BCUT2D eigenvalue weighted by Crippen LogP contribution is -2.24. The number of aromatic nitrogens is 2. The van der Waals surface area contributed by atoms with Crippen LogP contribution in [0.2, 0.25) is 0 Å². The van der Waals surface area contributed by atoms with Gasteiger partial charge in [-0.15, -0.1) is 0 Å². The first-order chi connectivity index (χ1) is 16.2. The maximum atomic E-state index is 13.1. The lowest BCUT2D eigenvalue weighted by Gasteiger charge is -2.27. The zero-order chi connectivity index (χ0) is 24.3. The second kappa shape index (κ2) is 7.55. The zero-order valence-electron chi connectivity index (χ0n) is 18.1. The van der Waals surface area contributed by atoms with Crippen LogP contribution in [0, 0.1) is 0 Å². The van der Waals surface area contributed by atoms with E-state index in [2.05, 4.69) is 5.10 Å². The van der Waals surface area contributed by atoms with E-state index in [1.807, 2.05) is 13.8 Å². The van der Waals surface area contributed by atoms with Gasteiger partial charge >= 0.3 is 5.97 Å². The number of esters is 1. The smallest absolute Gasteiger partial charge is 0.312 e. The van der Waals surface area contributed by atoms with E-state index in [-0.39, 0.29) is 40.5 Å². The van der Waals surface area contributed by atoms with Crippen LogP contribution in [0.4, 0.5) is 0 Å². The second-order valence-corrected chi connectivity index (χ2v) is 8.35. The molecule has 4 aromatic rings. The van der Waals surface area contributed by atoms with Gasteiger partial charge in [0.05, 0.1) is 6.42 Å². The molecule has 2 aromatic heterocycles. The van der Waals surface area contributed by atoms with E-state index >= 15 is 0 Å². The summed E-state index contributed by atoms with van der Waals surface area (Å²) in [6.45, 7) is 3.86. The first kappa shape index (κ1) is 21.4. The van der Waals surface area contributed by atoms with E-state index in [1.54, 1.807) is 16.9 Å². The molecular weight excluding hydrogens is 444 g/mol. The number of rotatable bonds is 3. The number of benzene rings is 2. The number of nitrogens with zero attached hydrogens (tertiary/aromatic N) is 2. The topological polar surface area (TPSA) is 155 Å². The zero-order valence-corrected chi connectivity index (χ0v) is 18.1. The monoisotopic (exact) mass is 464 g/mol. The van der Waals surface area contributed by atoms with Crippen LogP contribution in [0.5, 0.6) is 28.7 Å². The SMILES string of the molecule is CC(C)n1nccc1C1CC(=O)Oc2cc(O)c3c(=O)c(O)c(-c4ccc(O)c(O)c4)oc3c21. The van der Waals surface area contributed by atoms with Gasteiger partial charge in [0.25, 0.3) is 0 Å². The van der Waals surface area contributed by atoms with Crippen LogP contribution in [0.1, 0.15) is 43.5 Å². The molecule has 0 aliphatic carbocycles. The van der Waals surface area contributed by atoms with Crippen molar-refractivity contribution in [1.82, 2.24) is 9.78 Å². The van der Waals surface area contributed by atoms with Crippen molar-refractivity contribution in [3.63, 3.8) is 0 Å². The van der Waals surface area contributed by atoms with Gasteiger partial charge in [-0.05, 0) is 38.1 Å². The number of aromatic hydroxyl groups is 4. The van der Waals surface area contributed by atoms with E-state index in [9.17, 15) is 30.0 Å². The van der Waals surface area contributed by atoms with Gasteiger partial charge in [0.2, 0.25) is 11.2 Å². The van der Waals surface area contributed by atoms with Crippen molar-refractivity contribution < 1.29 is 34.4 Å². The summed E-state index contributed by atoms with van der Waals surface area (Å²) in [6, 6.07) is 6.53. The number of phenolic OH excluding ortho intramolecular Hbond substituents is 3. The van der Waals surface area contributed by atoms with Gasteiger partial charge in [-0.2, -0.15) is 5.10 Å². The molecule has 1 aliphatic heterocycles. The van der Waals surface area contributed by atoms with E-state index in [1.165, 1.54) is 12.1 Å². The molecule has 0 saturated heterocycles. The Morgan fingerprint density at radius 3 is 2.50 bits per heavy atom. The fourth-order valence-corrected chi connectivity index (χ4v) is 4.33. The summed E-state index contributed by atoms with van der Waals surface area (Å²) in [5, 5.41) is 44.7. The average molecular weight is 464 g/mol. The van der Waals surface area contributed by atoms with Crippen molar-refractivity contribution in [3.05, 3.63) is 58.0 Å². The fraction of sp³-hybridized carbons (Fsp3) is 0.208. The molecule has 0 amide bonds. The molecule has 0 fully saturated rings. The molecule has 5 rings (SSSR count). The van der Waals surface area contributed by atoms with Crippen LogP contribution >= 0.6 is 0 Å². The van der Waals surface area contributed by atoms with E-state index < -0.39 is 40.3 Å². The van der Waals surface area contributed by atoms with Crippen LogP contribution in [0.25, 0.3) is 22.3 Å². The van der Waals surface area contributed by atoms with Gasteiger partial charge in [0, 0.05) is 41.0 Å². The van der Waals surface area contributed by atoms with Crippen LogP contribution in [0.3, 0.4) is 0 Å². The third kappa shape index (κ3) is 3.14. The average Bonchev–Trinajstić information content (AvgIpc) is 3.27. The van der Waals surface area contributed by atoms with Crippen molar-refractivity contribution in [2.45, 2.75) is 32.2 Å². The van der Waals surface area contributed by atoms with Gasteiger partial charge in [-0.3, -0.25) is 14.3 Å². The number of phenols is 3. The van der Waals surface area contributed by atoms with Crippen molar-refractivity contribution in [1.29, 1.82) is 0 Å². The van der Waals surface area contributed by atoms with Gasteiger partial charge in [0.1, 0.15) is 22.5 Å². The first-order valence-corrected chi connectivity index (χ1v) is 10.5. The maximum absolute atomic E-state index is 13.1. The second-order valence-electron chi connectivity index (χ2n) is 8.35. The van der Waals surface area contributed by atoms with Gasteiger partial charge in [-0.25, -0.2) is 0 Å². The predicted octanol–water partition coefficient (Wildman–Crippen LogP) is 3.50. The molecule has 0 bridgehead atoms. The Labute approximate surface area is 191 Å². The largest absolute Gasteiger partial charge is 0.507 e. The number of carbonyl (C=O) groups is 1. The number of hydrogen-bond donors (Lipinski definition) is 4. The number of hydrogen-bond acceptors (Lipinski definition) is 9. The summed E-state index contributed by atoms with van der Waals surface area (Å²) in [6.07, 6.45) is 1.54. The lowest BCUT2D eigenvalue weighted by molar-refractivity contribution is -0.135. The summed E-state index contributed by atoms with van der Waals surface area (Å²) in [5.41, 5.74) is 0.155. The quantitative estimate of drug-likeness (QED) is 0.202. The van der Waals surface area contributed by atoms with Crippen molar-refractivity contribution >= 4 is 16.9 Å². The minimum absolute atomic E-state index is 0.0242. The molecule has 1 atom stereocenters. The summed E-state index contributed by atoms with van der Waals surface area (Å²) in [5.74, 6) is -3.59.